The first-order valence-corrected chi connectivity index (χ1v) is 11.4. The fourth-order valence-corrected chi connectivity index (χ4v) is 5.64. The molecule has 2 amide bonds. The molecular weight excluding hydrogens is 444 g/mol. The summed E-state index contributed by atoms with van der Waals surface area (Å²) in [6.07, 6.45) is 5.84. The minimum atomic E-state index is -1.23. The van der Waals surface area contributed by atoms with E-state index in [9.17, 15) is 19.5 Å². The molecule has 0 atom stereocenters. The standard InChI is InChI=1S/C23H22N4O5S/c1-32-21-12(18-9-14-16(25-26-23(24)31)3-2-4-17(14)33-18)7-8-13-19(21)27(11-5-6-11)10-15(20(13)28)22(29)30/h7-11H,2-6H2,1H3,(H,29,30)(H3,24,26,31). The number of aromatic carboxylic acids is 1. The number of aromatic nitrogens is 1. The summed E-state index contributed by atoms with van der Waals surface area (Å²) in [5.41, 5.74) is 9.91. The molecule has 2 heterocycles. The van der Waals surface area contributed by atoms with Gasteiger partial charge in [0.2, 0.25) is 5.43 Å². The zero-order valence-electron chi connectivity index (χ0n) is 17.9. The van der Waals surface area contributed by atoms with E-state index in [1.54, 1.807) is 30.6 Å². The van der Waals surface area contributed by atoms with Gasteiger partial charge < -0.3 is 20.1 Å². The second-order valence-electron chi connectivity index (χ2n) is 8.19. The minimum Gasteiger partial charge on any atom is -0.494 e. The summed E-state index contributed by atoms with van der Waals surface area (Å²) in [5.74, 6) is -0.692. The molecule has 2 aliphatic carbocycles. The fourth-order valence-electron chi connectivity index (χ4n) is 4.39. The van der Waals surface area contributed by atoms with Gasteiger partial charge in [0.1, 0.15) is 5.56 Å². The van der Waals surface area contributed by atoms with Crippen LogP contribution in [0.3, 0.4) is 0 Å². The Balaban J connectivity index is 1.71. The van der Waals surface area contributed by atoms with Crippen LogP contribution in [0.1, 0.15) is 52.5 Å². The number of aryl methyl sites for hydroxylation is 1. The molecule has 10 heteroatoms. The lowest BCUT2D eigenvalue weighted by molar-refractivity contribution is 0.0694. The molecule has 170 valence electrons. The predicted octanol–water partition coefficient (Wildman–Crippen LogP) is 3.48. The maximum absolute atomic E-state index is 12.9. The van der Waals surface area contributed by atoms with E-state index >= 15 is 0 Å². The molecule has 0 spiro atoms. The molecule has 1 fully saturated rings. The number of primary amides is 1. The van der Waals surface area contributed by atoms with Crippen molar-refractivity contribution in [2.24, 2.45) is 10.8 Å². The van der Waals surface area contributed by atoms with E-state index in [2.05, 4.69) is 10.5 Å². The van der Waals surface area contributed by atoms with Crippen LogP contribution >= 0.6 is 11.3 Å². The summed E-state index contributed by atoms with van der Waals surface area (Å²) >= 11 is 1.62. The average molecular weight is 467 g/mol. The number of carbonyl (C=O) groups excluding carboxylic acids is 1. The van der Waals surface area contributed by atoms with Gasteiger partial charge in [0, 0.05) is 33.1 Å². The maximum Gasteiger partial charge on any atom is 0.341 e. The number of hydrazone groups is 1. The molecule has 3 aromatic rings. The lowest BCUT2D eigenvalue weighted by atomic mass is 9.96. The van der Waals surface area contributed by atoms with Crippen LogP contribution < -0.4 is 21.3 Å². The maximum atomic E-state index is 12.9. The monoisotopic (exact) mass is 466 g/mol. The Hall–Kier alpha value is -3.66. The minimum absolute atomic E-state index is 0.144. The molecule has 2 aromatic heterocycles. The van der Waals surface area contributed by atoms with Crippen LogP contribution in [-0.2, 0) is 6.42 Å². The first kappa shape index (κ1) is 21.2. The van der Waals surface area contributed by atoms with E-state index in [1.807, 2.05) is 10.6 Å². The number of carboxylic acids is 1. The van der Waals surface area contributed by atoms with Crippen molar-refractivity contribution in [2.45, 2.75) is 38.1 Å². The average Bonchev–Trinajstić information content (AvgIpc) is 3.54. The number of benzene rings is 1. The normalized spacial score (nSPS) is 16.6. The molecule has 0 bridgehead atoms. The highest BCUT2D eigenvalue weighted by molar-refractivity contribution is 7.16. The van der Waals surface area contributed by atoms with E-state index < -0.39 is 17.4 Å². The topological polar surface area (TPSA) is 136 Å². The largest absolute Gasteiger partial charge is 0.494 e. The molecular formula is C23H22N4O5S. The molecule has 9 nitrogen and oxygen atoms in total. The van der Waals surface area contributed by atoms with Gasteiger partial charge in [-0.05, 0) is 50.3 Å². The van der Waals surface area contributed by atoms with Gasteiger partial charge in [-0.1, -0.05) is 0 Å². The van der Waals surface area contributed by atoms with E-state index in [4.69, 9.17) is 10.5 Å². The van der Waals surface area contributed by atoms with E-state index in [1.165, 1.54) is 6.20 Å². The van der Waals surface area contributed by atoms with Gasteiger partial charge in [-0.2, -0.15) is 5.10 Å². The fraction of sp³-hybridized carbons (Fsp3) is 0.304. The lowest BCUT2D eigenvalue weighted by Gasteiger charge is -2.17. The summed E-state index contributed by atoms with van der Waals surface area (Å²) in [4.78, 5) is 37.8. The molecule has 1 saturated carbocycles. The second kappa shape index (κ2) is 8.04. The third-order valence-corrected chi connectivity index (χ3v) is 7.25. The van der Waals surface area contributed by atoms with Crippen LogP contribution in [0, 0.1) is 0 Å². The molecule has 33 heavy (non-hydrogen) atoms. The van der Waals surface area contributed by atoms with Gasteiger partial charge in [-0.15, -0.1) is 11.3 Å². The quantitative estimate of drug-likeness (QED) is 0.495. The van der Waals surface area contributed by atoms with Crippen LogP contribution in [0.5, 0.6) is 5.75 Å². The molecule has 4 N–H and O–H groups in total. The second-order valence-corrected chi connectivity index (χ2v) is 9.33. The van der Waals surface area contributed by atoms with Gasteiger partial charge in [0.15, 0.2) is 5.75 Å². The third kappa shape index (κ3) is 3.66. The molecule has 5 rings (SSSR count). The van der Waals surface area contributed by atoms with Crippen LogP contribution in [0.2, 0.25) is 0 Å². The van der Waals surface area contributed by atoms with Crippen molar-refractivity contribution in [2.75, 3.05) is 7.11 Å². The van der Waals surface area contributed by atoms with Crippen molar-refractivity contribution in [3.05, 3.63) is 50.6 Å². The van der Waals surface area contributed by atoms with Crippen LogP contribution in [-0.4, -0.2) is 34.5 Å². The van der Waals surface area contributed by atoms with Gasteiger partial charge in [0.25, 0.3) is 0 Å². The number of hydrogen-bond acceptors (Lipinski definition) is 6. The number of nitrogens with two attached hydrogens (primary N) is 1. The number of thiophene rings is 1. The Kier molecular flexibility index (Phi) is 5.16. The van der Waals surface area contributed by atoms with Gasteiger partial charge in [0.05, 0.1) is 23.7 Å². The Labute approximate surface area is 192 Å². The highest BCUT2D eigenvalue weighted by Gasteiger charge is 2.30. The van der Waals surface area contributed by atoms with Crippen molar-refractivity contribution < 1.29 is 19.4 Å². The summed E-state index contributed by atoms with van der Waals surface area (Å²) in [6.45, 7) is 0. The zero-order chi connectivity index (χ0) is 23.3. The van der Waals surface area contributed by atoms with Crippen LogP contribution in [0.25, 0.3) is 21.3 Å². The Bertz CT molecular complexity index is 1400. The SMILES string of the molecule is COc1c(-c2cc3c(s2)CCCC3=NNC(N)=O)ccc2c(=O)c(C(=O)O)cn(C3CC3)c12. The number of urea groups is 1. The first-order valence-electron chi connectivity index (χ1n) is 10.6. The number of rotatable bonds is 5. The van der Waals surface area contributed by atoms with Crippen molar-refractivity contribution in [3.63, 3.8) is 0 Å². The van der Waals surface area contributed by atoms with Crippen LogP contribution in [0.15, 0.2) is 34.3 Å². The molecule has 0 unspecified atom stereocenters. The Morgan fingerprint density at radius 1 is 1.27 bits per heavy atom. The van der Waals surface area contributed by atoms with Crippen molar-refractivity contribution in [3.8, 4) is 16.2 Å². The number of hydrogen-bond donors (Lipinski definition) is 3. The number of nitrogens with zero attached hydrogens (tertiary/aromatic N) is 2. The third-order valence-electron chi connectivity index (χ3n) is 6.03. The number of methoxy groups -OCH3 is 1. The molecule has 2 aliphatic rings. The number of amides is 2. The van der Waals surface area contributed by atoms with Crippen molar-refractivity contribution >= 4 is 40.0 Å². The number of carboxylic acid groups (broad SMARTS) is 1. The van der Waals surface area contributed by atoms with Gasteiger partial charge in [-0.25, -0.2) is 15.0 Å². The molecule has 0 radical (unpaired) electrons. The van der Waals surface area contributed by atoms with Gasteiger partial charge in [-0.3, -0.25) is 4.79 Å². The molecule has 0 saturated heterocycles. The molecule has 0 aliphatic heterocycles. The number of ether oxygens (including phenoxy) is 1. The summed E-state index contributed by atoms with van der Waals surface area (Å²) in [5, 5.41) is 14.0. The highest BCUT2D eigenvalue weighted by Crippen LogP contribution is 2.45. The van der Waals surface area contributed by atoms with E-state index in [0.29, 0.717) is 16.7 Å². The predicted molar refractivity (Wildman–Crippen MR) is 125 cm³/mol. The van der Waals surface area contributed by atoms with Crippen LogP contribution in [0.4, 0.5) is 4.79 Å². The zero-order valence-corrected chi connectivity index (χ0v) is 18.7. The Morgan fingerprint density at radius 2 is 2.06 bits per heavy atom. The first-order chi connectivity index (χ1) is 15.9. The van der Waals surface area contributed by atoms with E-state index in [0.717, 1.165) is 58.7 Å². The summed E-state index contributed by atoms with van der Waals surface area (Å²) in [7, 11) is 1.56. The number of carbonyl (C=O) groups is 2. The lowest BCUT2D eigenvalue weighted by Crippen LogP contribution is -2.26. The number of pyridine rings is 1. The van der Waals surface area contributed by atoms with Crippen molar-refractivity contribution in [1.29, 1.82) is 0 Å². The van der Waals surface area contributed by atoms with Crippen molar-refractivity contribution in [1.82, 2.24) is 9.99 Å². The number of fused-ring (bicyclic) bond motifs is 2. The van der Waals surface area contributed by atoms with E-state index in [-0.39, 0.29) is 11.6 Å². The number of nitrogens with one attached hydrogen (secondary N) is 1. The summed E-state index contributed by atoms with van der Waals surface area (Å²) < 4.78 is 7.70. The summed E-state index contributed by atoms with van der Waals surface area (Å²) in [6, 6.07) is 4.95. The van der Waals surface area contributed by atoms with Gasteiger partial charge >= 0.3 is 12.0 Å². The molecule has 1 aromatic carbocycles. The smallest absolute Gasteiger partial charge is 0.341 e. The highest BCUT2D eigenvalue weighted by atomic mass is 32.1. The Morgan fingerprint density at radius 3 is 2.73 bits per heavy atom.